The van der Waals surface area contributed by atoms with Crippen LogP contribution in [0, 0.1) is 11.3 Å². The first-order chi connectivity index (χ1) is 20.1. The van der Waals surface area contributed by atoms with Gasteiger partial charge in [-0.25, -0.2) is 0 Å². The molecule has 1 heterocycles. The summed E-state index contributed by atoms with van der Waals surface area (Å²) in [7, 11) is 2.15. The zero-order valence-corrected chi connectivity index (χ0v) is 25.3. The molecule has 3 atom stereocenters. The third kappa shape index (κ3) is 6.70. The van der Waals surface area contributed by atoms with Gasteiger partial charge < -0.3 is 15.5 Å². The van der Waals surface area contributed by atoms with Gasteiger partial charge in [0.15, 0.2) is 0 Å². The molecule has 2 fully saturated rings. The standard InChI is InChI=1S/C37H51N3O/c1-29(30-16-11-8-12-17-30)37-23-22-34(38-2)33(37)28-32(36(37)31-18-13-9-14-19-31)20-10-6-4-3-5-7-15-21-35(41)40-26-24-39-25-27-40/h8-9,11-14,16-19,33-34,38-39H,1,3-7,10,15,20-28H2,2H3. The average molecular weight is 554 g/mol. The lowest BCUT2D eigenvalue weighted by Gasteiger charge is -2.37. The molecule has 0 spiro atoms. The lowest BCUT2D eigenvalue weighted by Crippen LogP contribution is -2.46. The average Bonchev–Trinajstić information content (AvgIpc) is 3.55. The minimum atomic E-state index is 0.00780. The Morgan fingerprint density at radius 3 is 2.24 bits per heavy atom. The number of nitrogens with zero attached hydrogens (tertiary/aromatic N) is 1. The molecule has 2 N–H and O–H groups in total. The number of nitrogens with one attached hydrogen (secondary N) is 2. The van der Waals surface area contributed by atoms with Crippen molar-refractivity contribution in [2.24, 2.45) is 11.3 Å². The molecule has 0 bridgehead atoms. The van der Waals surface area contributed by atoms with Gasteiger partial charge >= 0.3 is 0 Å². The van der Waals surface area contributed by atoms with Crippen LogP contribution < -0.4 is 10.6 Å². The van der Waals surface area contributed by atoms with E-state index in [2.05, 4.69) is 78.3 Å². The quantitative estimate of drug-likeness (QED) is 0.238. The van der Waals surface area contributed by atoms with E-state index in [-0.39, 0.29) is 5.41 Å². The summed E-state index contributed by atoms with van der Waals surface area (Å²) in [5.74, 6) is 0.915. The summed E-state index contributed by atoms with van der Waals surface area (Å²) in [6.07, 6.45) is 14.1. The Bertz CT molecular complexity index is 1170. The molecular formula is C37H51N3O. The predicted molar refractivity (Wildman–Crippen MR) is 172 cm³/mol. The Balaban J connectivity index is 1.18. The van der Waals surface area contributed by atoms with Gasteiger partial charge in [0, 0.05) is 44.1 Å². The van der Waals surface area contributed by atoms with Gasteiger partial charge in [0.05, 0.1) is 0 Å². The number of allylic oxidation sites excluding steroid dienone is 3. The molecule has 0 aromatic heterocycles. The SMILES string of the molecule is C=C(c1ccccc1)C12CCC(NC)C1CC(CCCCCCCCCC(=O)N1CCNCC1)=C2c1ccccc1. The van der Waals surface area contributed by atoms with Crippen molar-refractivity contribution < 1.29 is 4.79 Å². The van der Waals surface area contributed by atoms with Crippen molar-refractivity contribution in [1.82, 2.24) is 15.5 Å². The lowest BCUT2D eigenvalue weighted by molar-refractivity contribution is -0.131. The van der Waals surface area contributed by atoms with Crippen LogP contribution in [-0.4, -0.2) is 50.1 Å². The summed E-state index contributed by atoms with van der Waals surface area (Å²) in [5.41, 5.74) is 7.26. The zero-order chi connectivity index (χ0) is 28.5. The summed E-state index contributed by atoms with van der Waals surface area (Å²) in [4.78, 5) is 14.4. The normalized spacial score (nSPS) is 24.1. The van der Waals surface area contributed by atoms with Gasteiger partial charge in [-0.05, 0) is 73.8 Å². The lowest BCUT2D eigenvalue weighted by atomic mass is 9.66. The van der Waals surface area contributed by atoms with E-state index in [0.717, 1.165) is 39.0 Å². The molecule has 1 saturated heterocycles. The van der Waals surface area contributed by atoms with Crippen molar-refractivity contribution in [1.29, 1.82) is 0 Å². The first-order valence-electron chi connectivity index (χ1n) is 16.3. The molecule has 3 aliphatic rings. The topological polar surface area (TPSA) is 44.4 Å². The fraction of sp³-hybridized carbons (Fsp3) is 0.541. The Hall–Kier alpha value is -2.69. The largest absolute Gasteiger partial charge is 0.340 e. The number of hydrogen-bond acceptors (Lipinski definition) is 3. The van der Waals surface area contributed by atoms with Crippen molar-refractivity contribution in [2.75, 3.05) is 33.2 Å². The second-order valence-corrected chi connectivity index (χ2v) is 12.5. The van der Waals surface area contributed by atoms with Crippen LogP contribution in [0.1, 0.15) is 88.2 Å². The molecule has 2 aromatic carbocycles. The number of unbranched alkanes of at least 4 members (excludes halogenated alkanes) is 6. The number of carbonyl (C=O) groups excluding carboxylic acids is 1. The van der Waals surface area contributed by atoms with E-state index < -0.39 is 0 Å². The molecule has 220 valence electrons. The van der Waals surface area contributed by atoms with E-state index in [4.69, 9.17) is 6.58 Å². The Labute approximate surface area is 248 Å². The second kappa shape index (κ2) is 14.5. The molecule has 4 nitrogen and oxygen atoms in total. The number of carbonyl (C=O) groups is 1. The molecule has 1 saturated carbocycles. The molecule has 5 rings (SSSR count). The highest BCUT2D eigenvalue weighted by Gasteiger charge is 2.56. The van der Waals surface area contributed by atoms with Crippen LogP contribution in [0.3, 0.4) is 0 Å². The van der Waals surface area contributed by atoms with Gasteiger partial charge in [-0.3, -0.25) is 4.79 Å². The monoisotopic (exact) mass is 553 g/mol. The minimum absolute atomic E-state index is 0.00780. The van der Waals surface area contributed by atoms with Crippen molar-refractivity contribution in [3.63, 3.8) is 0 Å². The van der Waals surface area contributed by atoms with Crippen LogP contribution >= 0.6 is 0 Å². The maximum atomic E-state index is 12.4. The van der Waals surface area contributed by atoms with Gasteiger partial charge in [-0.15, -0.1) is 0 Å². The van der Waals surface area contributed by atoms with Gasteiger partial charge in [0.2, 0.25) is 5.91 Å². The van der Waals surface area contributed by atoms with Gasteiger partial charge in [0.25, 0.3) is 0 Å². The fourth-order valence-corrected chi connectivity index (χ4v) is 8.06. The number of rotatable bonds is 14. The molecule has 0 radical (unpaired) electrons. The van der Waals surface area contributed by atoms with Crippen molar-refractivity contribution in [3.8, 4) is 0 Å². The van der Waals surface area contributed by atoms with Gasteiger partial charge in [-0.1, -0.05) is 105 Å². The molecule has 1 amide bonds. The van der Waals surface area contributed by atoms with Crippen LogP contribution in [0.25, 0.3) is 11.1 Å². The Kier molecular flexibility index (Phi) is 10.5. The summed E-state index contributed by atoms with van der Waals surface area (Å²) >= 11 is 0. The van der Waals surface area contributed by atoms with E-state index >= 15 is 0 Å². The Morgan fingerprint density at radius 1 is 0.927 bits per heavy atom. The summed E-state index contributed by atoms with van der Waals surface area (Å²) < 4.78 is 0. The smallest absolute Gasteiger partial charge is 0.222 e. The van der Waals surface area contributed by atoms with Crippen LogP contribution in [0.5, 0.6) is 0 Å². The maximum absolute atomic E-state index is 12.4. The third-order valence-corrected chi connectivity index (χ3v) is 10.2. The van der Waals surface area contributed by atoms with E-state index in [1.165, 1.54) is 80.9 Å². The molecule has 2 aromatic rings. The maximum Gasteiger partial charge on any atom is 0.222 e. The van der Waals surface area contributed by atoms with Crippen molar-refractivity contribution in [2.45, 2.75) is 83.1 Å². The highest BCUT2D eigenvalue weighted by molar-refractivity contribution is 5.90. The van der Waals surface area contributed by atoms with E-state index in [0.29, 0.717) is 17.9 Å². The van der Waals surface area contributed by atoms with Gasteiger partial charge in [0.1, 0.15) is 0 Å². The molecular weight excluding hydrogens is 502 g/mol. The number of amides is 1. The van der Waals surface area contributed by atoms with Crippen molar-refractivity contribution >= 4 is 17.1 Å². The fourth-order valence-electron chi connectivity index (χ4n) is 8.06. The number of fused-ring (bicyclic) bond motifs is 1. The summed E-state index contributed by atoms with van der Waals surface area (Å²) in [6.45, 7) is 8.44. The van der Waals surface area contributed by atoms with Crippen LogP contribution in [0.15, 0.2) is 72.8 Å². The number of benzene rings is 2. The van der Waals surface area contributed by atoms with Crippen LogP contribution in [0.4, 0.5) is 0 Å². The first kappa shape index (κ1) is 29.8. The van der Waals surface area contributed by atoms with Crippen LogP contribution in [-0.2, 0) is 4.79 Å². The van der Waals surface area contributed by atoms with E-state index in [1.807, 2.05) is 4.90 Å². The molecule has 2 aliphatic carbocycles. The third-order valence-electron chi connectivity index (χ3n) is 10.2. The zero-order valence-electron chi connectivity index (χ0n) is 25.3. The van der Waals surface area contributed by atoms with Crippen molar-refractivity contribution in [3.05, 3.63) is 83.9 Å². The minimum Gasteiger partial charge on any atom is -0.340 e. The van der Waals surface area contributed by atoms with Gasteiger partial charge in [-0.2, -0.15) is 0 Å². The summed E-state index contributed by atoms with van der Waals surface area (Å²) in [6, 6.07) is 22.7. The molecule has 1 aliphatic heterocycles. The number of piperazine rings is 1. The first-order valence-corrected chi connectivity index (χ1v) is 16.3. The van der Waals surface area contributed by atoms with Crippen LogP contribution in [0.2, 0.25) is 0 Å². The van der Waals surface area contributed by atoms with E-state index in [1.54, 1.807) is 11.1 Å². The molecule has 3 unspecified atom stereocenters. The highest BCUT2D eigenvalue weighted by Crippen LogP contribution is 2.66. The second-order valence-electron chi connectivity index (χ2n) is 12.5. The highest BCUT2D eigenvalue weighted by atomic mass is 16.2. The predicted octanol–water partition coefficient (Wildman–Crippen LogP) is 7.48. The molecule has 4 heteroatoms. The number of hydrogen-bond donors (Lipinski definition) is 2. The summed E-state index contributed by atoms with van der Waals surface area (Å²) in [5, 5.41) is 7.01. The van der Waals surface area contributed by atoms with E-state index in [9.17, 15) is 4.79 Å². The Morgan fingerprint density at radius 2 is 1.56 bits per heavy atom. The molecule has 41 heavy (non-hydrogen) atoms.